The van der Waals surface area contributed by atoms with Gasteiger partial charge in [-0.15, -0.1) is 0 Å². The van der Waals surface area contributed by atoms with Crippen molar-refractivity contribution in [3.05, 3.63) is 0 Å². The van der Waals surface area contributed by atoms with E-state index in [2.05, 4.69) is 44.7 Å². The maximum atomic E-state index is 5.27. The van der Waals surface area contributed by atoms with Crippen LogP contribution >= 0.6 is 0 Å². The molecule has 1 aliphatic carbocycles. The summed E-state index contributed by atoms with van der Waals surface area (Å²) in [5.41, 5.74) is 0.244. The molecule has 0 radical (unpaired) electrons. The Morgan fingerprint density at radius 1 is 1.00 bits per heavy atom. The molecule has 0 heterocycles. The smallest absolute Gasteiger partial charge is 0.0589 e. The fourth-order valence-electron chi connectivity index (χ4n) is 3.14. The molecule has 1 saturated carbocycles. The number of ether oxygens (including phenoxy) is 1. The summed E-state index contributed by atoms with van der Waals surface area (Å²) in [5.74, 6) is 0. The van der Waals surface area contributed by atoms with Crippen LogP contribution in [0.3, 0.4) is 0 Å². The van der Waals surface area contributed by atoms with Crippen LogP contribution in [0.15, 0.2) is 0 Å². The molecule has 0 saturated heterocycles. The molecular formula is C15H32N2O. The first-order valence-electron chi connectivity index (χ1n) is 7.28. The molecule has 0 spiro atoms. The van der Waals surface area contributed by atoms with E-state index in [1.165, 1.54) is 25.7 Å². The van der Waals surface area contributed by atoms with Gasteiger partial charge in [-0.1, -0.05) is 0 Å². The number of hydrogen-bond acceptors (Lipinski definition) is 3. The molecular weight excluding hydrogens is 224 g/mol. The highest BCUT2D eigenvalue weighted by Gasteiger charge is 2.32. The Kier molecular flexibility index (Phi) is 6.09. The molecule has 3 heteroatoms. The summed E-state index contributed by atoms with van der Waals surface area (Å²) in [7, 11) is 6.21. The standard InChI is InChI=1S/C15H32N2O/c1-15(2,3)17(11-12-18-6)14-9-7-13(8-10-14)16(4)5/h13-14H,7-12H2,1-6H3. The van der Waals surface area contributed by atoms with E-state index in [0.29, 0.717) is 0 Å². The summed E-state index contributed by atoms with van der Waals surface area (Å²) in [4.78, 5) is 5.02. The number of rotatable bonds is 5. The Labute approximate surface area is 113 Å². The molecule has 1 fully saturated rings. The van der Waals surface area contributed by atoms with Crippen LogP contribution in [0.25, 0.3) is 0 Å². The van der Waals surface area contributed by atoms with Crippen LogP contribution in [0.1, 0.15) is 46.5 Å². The lowest BCUT2D eigenvalue weighted by Crippen LogP contribution is -2.51. The molecule has 1 aliphatic rings. The van der Waals surface area contributed by atoms with Crippen LogP contribution in [-0.2, 0) is 4.74 Å². The second-order valence-corrected chi connectivity index (χ2v) is 6.78. The molecule has 0 unspecified atom stereocenters. The molecule has 0 bridgehead atoms. The zero-order valence-corrected chi connectivity index (χ0v) is 13.2. The van der Waals surface area contributed by atoms with E-state index in [4.69, 9.17) is 4.74 Å². The monoisotopic (exact) mass is 256 g/mol. The molecule has 0 aliphatic heterocycles. The Balaban J connectivity index is 2.55. The second kappa shape index (κ2) is 6.88. The van der Waals surface area contributed by atoms with E-state index in [0.717, 1.165) is 25.2 Å². The van der Waals surface area contributed by atoms with Crippen molar-refractivity contribution in [2.75, 3.05) is 34.4 Å². The topological polar surface area (TPSA) is 15.7 Å². The van der Waals surface area contributed by atoms with E-state index in [9.17, 15) is 0 Å². The lowest BCUT2D eigenvalue weighted by atomic mass is 9.87. The van der Waals surface area contributed by atoms with Crippen molar-refractivity contribution in [3.8, 4) is 0 Å². The molecule has 0 amide bonds. The minimum atomic E-state index is 0.244. The number of methoxy groups -OCH3 is 1. The van der Waals surface area contributed by atoms with Crippen molar-refractivity contribution in [2.24, 2.45) is 0 Å². The quantitative estimate of drug-likeness (QED) is 0.752. The third-order valence-corrected chi connectivity index (χ3v) is 4.24. The van der Waals surface area contributed by atoms with Gasteiger partial charge in [-0.05, 0) is 60.5 Å². The van der Waals surface area contributed by atoms with Crippen LogP contribution in [0.4, 0.5) is 0 Å². The number of nitrogens with zero attached hydrogens (tertiary/aromatic N) is 2. The van der Waals surface area contributed by atoms with Gasteiger partial charge < -0.3 is 9.64 Å². The Morgan fingerprint density at radius 3 is 1.89 bits per heavy atom. The zero-order chi connectivity index (χ0) is 13.8. The predicted octanol–water partition coefficient (Wildman–Crippen LogP) is 2.61. The molecule has 0 atom stereocenters. The van der Waals surface area contributed by atoms with E-state index in [1.807, 2.05) is 0 Å². The Bertz CT molecular complexity index is 227. The van der Waals surface area contributed by atoms with Gasteiger partial charge in [0.2, 0.25) is 0 Å². The minimum absolute atomic E-state index is 0.244. The predicted molar refractivity (Wildman–Crippen MR) is 78.1 cm³/mol. The van der Waals surface area contributed by atoms with Crippen molar-refractivity contribution in [3.63, 3.8) is 0 Å². The van der Waals surface area contributed by atoms with E-state index >= 15 is 0 Å². The average Bonchev–Trinajstić information content (AvgIpc) is 2.28. The highest BCUT2D eigenvalue weighted by atomic mass is 16.5. The first-order valence-corrected chi connectivity index (χ1v) is 7.28. The zero-order valence-electron chi connectivity index (χ0n) is 13.2. The summed E-state index contributed by atoms with van der Waals surface area (Å²) in [5, 5.41) is 0. The van der Waals surface area contributed by atoms with Crippen molar-refractivity contribution in [1.29, 1.82) is 0 Å². The SMILES string of the molecule is COCCN(C1CCC(N(C)C)CC1)C(C)(C)C. The molecule has 1 rings (SSSR count). The van der Waals surface area contributed by atoms with Crippen LogP contribution in [-0.4, -0.2) is 61.8 Å². The van der Waals surface area contributed by atoms with Gasteiger partial charge in [0.25, 0.3) is 0 Å². The third-order valence-electron chi connectivity index (χ3n) is 4.24. The Morgan fingerprint density at radius 2 is 1.50 bits per heavy atom. The molecule has 0 aromatic heterocycles. The van der Waals surface area contributed by atoms with Gasteiger partial charge in [0.1, 0.15) is 0 Å². The van der Waals surface area contributed by atoms with Crippen molar-refractivity contribution >= 4 is 0 Å². The summed E-state index contributed by atoms with van der Waals surface area (Å²) < 4.78 is 5.27. The molecule has 0 aromatic carbocycles. The highest BCUT2D eigenvalue weighted by Crippen LogP contribution is 2.29. The average molecular weight is 256 g/mol. The lowest BCUT2D eigenvalue weighted by Gasteiger charge is -2.45. The van der Waals surface area contributed by atoms with Gasteiger partial charge in [0.05, 0.1) is 6.61 Å². The summed E-state index contributed by atoms with van der Waals surface area (Å²) >= 11 is 0. The van der Waals surface area contributed by atoms with Gasteiger partial charge >= 0.3 is 0 Å². The first kappa shape index (κ1) is 15.9. The molecule has 18 heavy (non-hydrogen) atoms. The van der Waals surface area contributed by atoms with Gasteiger partial charge in [-0.25, -0.2) is 0 Å². The molecule has 3 nitrogen and oxygen atoms in total. The van der Waals surface area contributed by atoms with Crippen molar-refractivity contribution in [1.82, 2.24) is 9.80 Å². The van der Waals surface area contributed by atoms with Gasteiger partial charge in [0, 0.05) is 31.3 Å². The third kappa shape index (κ3) is 4.52. The largest absolute Gasteiger partial charge is 0.383 e. The summed E-state index contributed by atoms with van der Waals surface area (Å²) in [6.07, 6.45) is 5.31. The minimum Gasteiger partial charge on any atom is -0.383 e. The van der Waals surface area contributed by atoms with E-state index < -0.39 is 0 Å². The second-order valence-electron chi connectivity index (χ2n) is 6.78. The van der Waals surface area contributed by atoms with Crippen LogP contribution in [0, 0.1) is 0 Å². The Hall–Kier alpha value is -0.120. The molecule has 0 N–H and O–H groups in total. The summed E-state index contributed by atoms with van der Waals surface area (Å²) in [6, 6.07) is 1.52. The van der Waals surface area contributed by atoms with Gasteiger partial charge in [-0.2, -0.15) is 0 Å². The van der Waals surface area contributed by atoms with Crippen LogP contribution in [0.2, 0.25) is 0 Å². The normalized spacial score (nSPS) is 26.0. The fraction of sp³-hybridized carbons (Fsp3) is 1.00. The molecule has 0 aromatic rings. The highest BCUT2D eigenvalue weighted by molar-refractivity contribution is 4.88. The first-order chi connectivity index (χ1) is 8.36. The van der Waals surface area contributed by atoms with Crippen molar-refractivity contribution < 1.29 is 4.74 Å². The maximum absolute atomic E-state index is 5.27. The summed E-state index contributed by atoms with van der Waals surface area (Å²) in [6.45, 7) is 8.85. The van der Waals surface area contributed by atoms with Crippen LogP contribution in [0.5, 0.6) is 0 Å². The van der Waals surface area contributed by atoms with E-state index in [-0.39, 0.29) is 5.54 Å². The van der Waals surface area contributed by atoms with Gasteiger partial charge in [-0.3, -0.25) is 4.90 Å². The fourth-order valence-corrected chi connectivity index (χ4v) is 3.14. The van der Waals surface area contributed by atoms with Gasteiger partial charge in [0.15, 0.2) is 0 Å². The van der Waals surface area contributed by atoms with Crippen LogP contribution < -0.4 is 0 Å². The number of hydrogen-bond donors (Lipinski definition) is 0. The van der Waals surface area contributed by atoms with Crippen molar-refractivity contribution in [2.45, 2.75) is 64.1 Å². The maximum Gasteiger partial charge on any atom is 0.0589 e. The lowest BCUT2D eigenvalue weighted by molar-refractivity contribution is 0.0234. The molecule has 108 valence electrons. The van der Waals surface area contributed by atoms with E-state index in [1.54, 1.807) is 7.11 Å².